The standard InChI is InChI=1S/C11H20N2O3/c1-8(2)13-10(9(16-5)6-12-13)11(3,14)7-15-4/h6,8,14H,7H2,1-5H3. The molecule has 1 aromatic heterocycles. The van der Waals surface area contributed by atoms with Crippen LogP contribution in [0.5, 0.6) is 5.75 Å². The van der Waals surface area contributed by atoms with Gasteiger partial charge in [0.15, 0.2) is 5.75 Å². The van der Waals surface area contributed by atoms with Crippen LogP contribution in [-0.2, 0) is 10.3 Å². The van der Waals surface area contributed by atoms with Crippen molar-refractivity contribution in [2.45, 2.75) is 32.4 Å². The lowest BCUT2D eigenvalue weighted by molar-refractivity contribution is -0.0293. The maximum atomic E-state index is 10.4. The highest BCUT2D eigenvalue weighted by molar-refractivity contribution is 5.30. The van der Waals surface area contributed by atoms with Gasteiger partial charge in [-0.25, -0.2) is 0 Å². The van der Waals surface area contributed by atoms with Crippen molar-refractivity contribution in [3.8, 4) is 5.75 Å². The van der Waals surface area contributed by atoms with Crippen molar-refractivity contribution in [3.63, 3.8) is 0 Å². The maximum Gasteiger partial charge on any atom is 0.163 e. The summed E-state index contributed by atoms with van der Waals surface area (Å²) in [6.07, 6.45) is 1.61. The van der Waals surface area contributed by atoms with Gasteiger partial charge in [0.1, 0.15) is 11.3 Å². The van der Waals surface area contributed by atoms with Gasteiger partial charge in [-0.15, -0.1) is 0 Å². The highest BCUT2D eigenvalue weighted by atomic mass is 16.5. The fourth-order valence-corrected chi connectivity index (χ4v) is 1.75. The SMILES string of the molecule is COCC(C)(O)c1c(OC)cnn1C(C)C. The van der Waals surface area contributed by atoms with Gasteiger partial charge in [0.25, 0.3) is 0 Å². The predicted octanol–water partition coefficient (Wildman–Crippen LogP) is 1.33. The van der Waals surface area contributed by atoms with Gasteiger partial charge in [-0.3, -0.25) is 4.68 Å². The molecule has 16 heavy (non-hydrogen) atoms. The van der Waals surface area contributed by atoms with Gasteiger partial charge < -0.3 is 14.6 Å². The Morgan fingerprint density at radius 1 is 1.50 bits per heavy atom. The minimum Gasteiger partial charge on any atom is -0.493 e. The number of rotatable bonds is 5. The molecular formula is C11H20N2O3. The molecule has 1 aromatic rings. The topological polar surface area (TPSA) is 56.5 Å². The number of nitrogens with zero attached hydrogens (tertiary/aromatic N) is 2. The smallest absolute Gasteiger partial charge is 0.163 e. The van der Waals surface area contributed by atoms with Gasteiger partial charge in [0.2, 0.25) is 0 Å². The van der Waals surface area contributed by atoms with Crippen molar-refractivity contribution in [2.75, 3.05) is 20.8 Å². The van der Waals surface area contributed by atoms with Gasteiger partial charge in [-0.1, -0.05) is 0 Å². The van der Waals surface area contributed by atoms with Crippen LogP contribution in [-0.4, -0.2) is 35.7 Å². The van der Waals surface area contributed by atoms with Crippen LogP contribution in [0.4, 0.5) is 0 Å². The second-order valence-corrected chi connectivity index (χ2v) is 4.31. The Kier molecular flexibility index (Phi) is 3.93. The van der Waals surface area contributed by atoms with E-state index in [1.54, 1.807) is 32.0 Å². The summed E-state index contributed by atoms with van der Waals surface area (Å²) in [6.45, 7) is 5.88. The second-order valence-electron chi connectivity index (χ2n) is 4.31. The van der Waals surface area contributed by atoms with Gasteiger partial charge >= 0.3 is 0 Å². The molecule has 1 N–H and O–H groups in total. The van der Waals surface area contributed by atoms with Crippen molar-refractivity contribution in [1.82, 2.24) is 9.78 Å². The van der Waals surface area contributed by atoms with E-state index in [-0.39, 0.29) is 12.6 Å². The first kappa shape index (κ1) is 13.0. The van der Waals surface area contributed by atoms with Crippen molar-refractivity contribution < 1.29 is 14.6 Å². The van der Waals surface area contributed by atoms with Crippen LogP contribution >= 0.6 is 0 Å². The number of hydrogen-bond donors (Lipinski definition) is 1. The fourth-order valence-electron chi connectivity index (χ4n) is 1.75. The summed E-state index contributed by atoms with van der Waals surface area (Å²) in [5.41, 5.74) is -0.465. The molecule has 0 aliphatic heterocycles. The van der Waals surface area contributed by atoms with E-state index in [1.165, 1.54) is 0 Å². The lowest BCUT2D eigenvalue weighted by Gasteiger charge is -2.25. The van der Waals surface area contributed by atoms with E-state index in [1.807, 2.05) is 13.8 Å². The third-order valence-corrected chi connectivity index (χ3v) is 2.41. The van der Waals surface area contributed by atoms with Gasteiger partial charge in [0.05, 0.1) is 19.9 Å². The average Bonchev–Trinajstić information content (AvgIpc) is 2.61. The molecule has 0 saturated heterocycles. The number of ether oxygens (including phenoxy) is 2. The van der Waals surface area contributed by atoms with Crippen LogP contribution in [0, 0.1) is 0 Å². The van der Waals surface area contributed by atoms with E-state index in [4.69, 9.17) is 9.47 Å². The van der Waals surface area contributed by atoms with E-state index in [0.29, 0.717) is 11.4 Å². The van der Waals surface area contributed by atoms with Gasteiger partial charge in [-0.2, -0.15) is 5.10 Å². The molecule has 1 rings (SSSR count). The van der Waals surface area contributed by atoms with Crippen LogP contribution in [0.2, 0.25) is 0 Å². The molecule has 0 aliphatic rings. The van der Waals surface area contributed by atoms with E-state index >= 15 is 0 Å². The Morgan fingerprint density at radius 2 is 2.12 bits per heavy atom. The van der Waals surface area contributed by atoms with Crippen molar-refractivity contribution in [3.05, 3.63) is 11.9 Å². The zero-order valence-electron chi connectivity index (χ0n) is 10.5. The quantitative estimate of drug-likeness (QED) is 0.826. The third-order valence-electron chi connectivity index (χ3n) is 2.41. The third kappa shape index (κ3) is 2.36. The molecule has 0 spiro atoms. The summed E-state index contributed by atoms with van der Waals surface area (Å²) in [5.74, 6) is 0.579. The Hall–Kier alpha value is -1.07. The normalized spacial score (nSPS) is 15.2. The fraction of sp³-hybridized carbons (Fsp3) is 0.727. The van der Waals surface area contributed by atoms with Crippen molar-refractivity contribution >= 4 is 0 Å². The monoisotopic (exact) mass is 228 g/mol. The molecule has 0 aliphatic carbocycles. The largest absolute Gasteiger partial charge is 0.493 e. The van der Waals surface area contributed by atoms with Crippen LogP contribution in [0.1, 0.15) is 32.5 Å². The molecule has 0 aromatic carbocycles. The van der Waals surface area contributed by atoms with Crippen molar-refractivity contribution in [2.24, 2.45) is 0 Å². The predicted molar refractivity (Wildman–Crippen MR) is 60.6 cm³/mol. The molecule has 0 bridgehead atoms. The van der Waals surface area contributed by atoms with E-state index in [2.05, 4.69) is 5.10 Å². The first-order chi connectivity index (χ1) is 7.44. The van der Waals surface area contributed by atoms with Crippen molar-refractivity contribution in [1.29, 1.82) is 0 Å². The molecule has 0 fully saturated rings. The summed E-state index contributed by atoms with van der Waals surface area (Å²) in [5, 5.41) is 14.6. The van der Waals surface area contributed by atoms with E-state index < -0.39 is 5.60 Å². The molecule has 1 heterocycles. The number of aromatic nitrogens is 2. The minimum absolute atomic E-state index is 0.155. The Labute approximate surface area is 96.0 Å². The lowest BCUT2D eigenvalue weighted by atomic mass is 10.0. The molecule has 1 atom stereocenters. The number of aliphatic hydroxyl groups is 1. The van der Waals surface area contributed by atoms with Crippen LogP contribution in [0.15, 0.2) is 6.20 Å². The summed E-state index contributed by atoms with van der Waals surface area (Å²) < 4.78 is 12.0. The molecule has 0 radical (unpaired) electrons. The Balaban J connectivity index is 3.22. The molecule has 0 amide bonds. The van der Waals surface area contributed by atoms with Crippen LogP contribution in [0.3, 0.4) is 0 Å². The number of hydrogen-bond acceptors (Lipinski definition) is 4. The molecule has 5 nitrogen and oxygen atoms in total. The van der Waals surface area contributed by atoms with E-state index in [0.717, 1.165) is 0 Å². The Morgan fingerprint density at radius 3 is 2.56 bits per heavy atom. The van der Waals surface area contributed by atoms with Crippen LogP contribution < -0.4 is 4.74 Å². The Bertz CT molecular complexity index is 345. The first-order valence-electron chi connectivity index (χ1n) is 5.27. The minimum atomic E-state index is -1.11. The highest BCUT2D eigenvalue weighted by Gasteiger charge is 2.32. The van der Waals surface area contributed by atoms with Gasteiger partial charge in [-0.05, 0) is 20.8 Å². The molecule has 0 saturated carbocycles. The molecular weight excluding hydrogens is 208 g/mol. The zero-order chi connectivity index (χ0) is 12.3. The maximum absolute atomic E-state index is 10.4. The second kappa shape index (κ2) is 4.84. The average molecular weight is 228 g/mol. The van der Waals surface area contributed by atoms with Crippen LogP contribution in [0.25, 0.3) is 0 Å². The summed E-state index contributed by atoms with van der Waals surface area (Å²) in [7, 11) is 3.12. The molecule has 1 unspecified atom stereocenters. The summed E-state index contributed by atoms with van der Waals surface area (Å²) in [6, 6.07) is 0.155. The zero-order valence-corrected chi connectivity index (χ0v) is 10.5. The van der Waals surface area contributed by atoms with Gasteiger partial charge in [0, 0.05) is 13.2 Å². The van der Waals surface area contributed by atoms with E-state index in [9.17, 15) is 5.11 Å². The first-order valence-corrected chi connectivity index (χ1v) is 5.27. The lowest BCUT2D eigenvalue weighted by Crippen LogP contribution is -2.31. The molecule has 92 valence electrons. The molecule has 5 heteroatoms. The highest BCUT2D eigenvalue weighted by Crippen LogP contribution is 2.31. The summed E-state index contributed by atoms with van der Waals surface area (Å²) in [4.78, 5) is 0. The summed E-state index contributed by atoms with van der Waals surface area (Å²) >= 11 is 0. The number of methoxy groups -OCH3 is 2.